The van der Waals surface area contributed by atoms with E-state index >= 15 is 0 Å². The van der Waals surface area contributed by atoms with Gasteiger partial charge in [-0.2, -0.15) is 0 Å². The van der Waals surface area contributed by atoms with Gasteiger partial charge in [0.1, 0.15) is 15.5 Å². The van der Waals surface area contributed by atoms with E-state index in [2.05, 4.69) is 0 Å². The average Bonchev–Trinajstić information content (AvgIpc) is 3.50. The first-order valence-electron chi connectivity index (χ1n) is 12.2. The number of benzene rings is 2. The van der Waals surface area contributed by atoms with Crippen molar-refractivity contribution in [3.63, 3.8) is 0 Å². The molecule has 1 saturated carbocycles. The number of hydrogen-bond acceptors (Lipinski definition) is 5. The Hall–Kier alpha value is -1.71. The Balaban J connectivity index is 1.22. The van der Waals surface area contributed by atoms with Crippen LogP contribution < -0.4 is 14.5 Å². The fraction of sp³-hybridized carbons (Fsp3) is 0.333. The molecular weight excluding hydrogens is 680 g/mol. The third-order valence-corrected chi connectivity index (χ3v) is 12.7. The molecule has 214 valence electrons. The molecule has 14 heteroatoms. The zero-order valence-electron chi connectivity index (χ0n) is 20.8. The number of amides is 3. The monoisotopic (exact) mass is 694 g/mol. The molecule has 3 amide bonds. The molecule has 2 aromatic carbocycles. The summed E-state index contributed by atoms with van der Waals surface area (Å²) < 4.78 is 3.53. The van der Waals surface area contributed by atoms with Crippen molar-refractivity contribution >= 4 is 116 Å². The molecular formula is C27H17Cl7N2O5. The molecule has 2 heterocycles. The van der Waals surface area contributed by atoms with Gasteiger partial charge < -0.3 is 9.64 Å². The van der Waals surface area contributed by atoms with Crippen molar-refractivity contribution in [1.82, 2.24) is 0 Å². The van der Waals surface area contributed by atoms with Crippen molar-refractivity contribution in [2.45, 2.75) is 27.4 Å². The number of para-hydroxylation sites is 1. The van der Waals surface area contributed by atoms with Gasteiger partial charge in [-0.15, -0.1) is 23.2 Å². The van der Waals surface area contributed by atoms with Crippen molar-refractivity contribution in [3.8, 4) is 5.75 Å². The maximum Gasteiger partial charge on any atom is 0.316 e. The first-order valence-corrected chi connectivity index (χ1v) is 14.9. The predicted molar refractivity (Wildman–Crippen MR) is 159 cm³/mol. The van der Waals surface area contributed by atoms with Crippen LogP contribution in [0.2, 0.25) is 5.02 Å². The number of carbonyl (C=O) groups is 4. The fourth-order valence-electron chi connectivity index (χ4n) is 6.14. The molecule has 2 aliphatic heterocycles. The minimum Gasteiger partial charge on any atom is -0.426 e. The molecule has 3 fully saturated rings. The van der Waals surface area contributed by atoms with Crippen molar-refractivity contribution in [3.05, 3.63) is 63.1 Å². The van der Waals surface area contributed by atoms with E-state index in [0.717, 1.165) is 4.90 Å². The van der Waals surface area contributed by atoms with E-state index in [4.69, 9.17) is 85.9 Å². The first kappa shape index (κ1) is 29.4. The molecule has 7 nitrogen and oxygen atoms in total. The SMILES string of the molecule is Cc1cc(OC(=O)[C@@H]2CC(=O)N(c3ccccc3Cl)C2)ccc1N1C(=O)[C@@H]2[C@@H](C1=O)[C@@]1(Cl)C(Cl)=C(Cl)[C@@]2(Cl)C1(Cl)Cl. The summed E-state index contributed by atoms with van der Waals surface area (Å²) >= 11 is 45.6. The van der Waals surface area contributed by atoms with Gasteiger partial charge in [-0.05, 0) is 42.8 Å². The maximum atomic E-state index is 13.7. The van der Waals surface area contributed by atoms with Crippen LogP contribution >= 0.6 is 81.2 Å². The molecule has 0 aromatic heterocycles. The molecule has 2 aromatic rings. The molecule has 2 bridgehead atoms. The van der Waals surface area contributed by atoms with Gasteiger partial charge in [-0.3, -0.25) is 19.2 Å². The summed E-state index contributed by atoms with van der Waals surface area (Å²) in [4.78, 5) is 51.4. The highest BCUT2D eigenvalue weighted by Crippen LogP contribution is 2.77. The molecule has 4 aliphatic rings. The minimum absolute atomic E-state index is 0.0389. The number of imide groups is 1. The van der Waals surface area contributed by atoms with Crippen molar-refractivity contribution in [1.29, 1.82) is 0 Å². The van der Waals surface area contributed by atoms with E-state index in [1.165, 1.54) is 23.1 Å². The van der Waals surface area contributed by atoms with Crippen LogP contribution in [0.4, 0.5) is 11.4 Å². The summed E-state index contributed by atoms with van der Waals surface area (Å²) in [5.74, 6) is -5.33. The van der Waals surface area contributed by atoms with E-state index in [-0.39, 0.29) is 40.4 Å². The van der Waals surface area contributed by atoms with Crippen molar-refractivity contribution in [2.75, 3.05) is 16.3 Å². The Kier molecular flexibility index (Phi) is 6.91. The molecule has 0 unspecified atom stereocenters. The third-order valence-electron chi connectivity index (χ3n) is 8.14. The average molecular weight is 698 g/mol. The number of allylic oxidation sites excluding steroid dienone is 2. The summed E-state index contributed by atoms with van der Waals surface area (Å²) in [7, 11) is 0. The van der Waals surface area contributed by atoms with Gasteiger partial charge in [0.25, 0.3) is 0 Å². The van der Waals surface area contributed by atoms with Crippen LogP contribution in [0.1, 0.15) is 12.0 Å². The highest BCUT2D eigenvalue weighted by Gasteiger charge is 2.87. The number of rotatable bonds is 4. The van der Waals surface area contributed by atoms with Gasteiger partial charge in [0.2, 0.25) is 17.7 Å². The summed E-state index contributed by atoms with van der Waals surface area (Å²) in [5.41, 5.74) is 1.17. The molecule has 0 N–H and O–H groups in total. The Morgan fingerprint density at radius 3 is 2.02 bits per heavy atom. The number of esters is 1. The zero-order valence-corrected chi connectivity index (χ0v) is 26.1. The van der Waals surface area contributed by atoms with Gasteiger partial charge in [0.05, 0.1) is 44.2 Å². The van der Waals surface area contributed by atoms with E-state index in [1.54, 1.807) is 31.2 Å². The lowest BCUT2D eigenvalue weighted by molar-refractivity contribution is -0.139. The molecule has 0 spiro atoms. The second-order valence-electron chi connectivity index (χ2n) is 10.3. The molecule has 0 radical (unpaired) electrons. The number of fused-ring (bicyclic) bond motifs is 5. The number of halogens is 7. The van der Waals surface area contributed by atoms with E-state index in [0.29, 0.717) is 16.3 Å². The number of anilines is 2. The molecule has 6 rings (SSSR count). The normalized spacial score (nSPS) is 31.9. The quantitative estimate of drug-likeness (QED) is 0.157. The number of hydrogen-bond donors (Lipinski definition) is 0. The van der Waals surface area contributed by atoms with Gasteiger partial charge in [-0.25, -0.2) is 4.90 Å². The topological polar surface area (TPSA) is 84.0 Å². The molecule has 2 aliphatic carbocycles. The van der Waals surface area contributed by atoms with Gasteiger partial charge in [-0.1, -0.05) is 70.1 Å². The number of aryl methyl sites for hydroxylation is 1. The van der Waals surface area contributed by atoms with Crippen LogP contribution in [0.25, 0.3) is 0 Å². The maximum absolute atomic E-state index is 13.7. The van der Waals surface area contributed by atoms with Crippen LogP contribution in [0.5, 0.6) is 5.75 Å². The second-order valence-corrected chi connectivity index (χ2v) is 14.0. The number of carbonyl (C=O) groups excluding carboxylic acids is 4. The van der Waals surface area contributed by atoms with Crippen molar-refractivity contribution in [2.24, 2.45) is 17.8 Å². The summed E-state index contributed by atoms with van der Waals surface area (Å²) in [5, 5.41) is 0.0395. The highest BCUT2D eigenvalue weighted by molar-refractivity contribution is 6.67. The van der Waals surface area contributed by atoms with Crippen LogP contribution in [0.15, 0.2) is 52.5 Å². The van der Waals surface area contributed by atoms with Gasteiger partial charge in [0, 0.05) is 13.0 Å². The fourth-order valence-corrected chi connectivity index (χ4v) is 9.31. The molecule has 2 saturated heterocycles. The van der Waals surface area contributed by atoms with Gasteiger partial charge >= 0.3 is 5.97 Å². The summed E-state index contributed by atoms with van der Waals surface area (Å²) in [6.07, 6.45) is -0.0389. The number of nitrogens with zero attached hydrogens (tertiary/aromatic N) is 2. The number of alkyl halides is 4. The van der Waals surface area contributed by atoms with Crippen LogP contribution in [0.3, 0.4) is 0 Å². The van der Waals surface area contributed by atoms with Crippen LogP contribution in [-0.4, -0.2) is 44.3 Å². The Bertz CT molecular complexity index is 1570. The summed E-state index contributed by atoms with van der Waals surface area (Å²) in [6.45, 7) is 1.74. The van der Waals surface area contributed by atoms with Crippen molar-refractivity contribution < 1.29 is 23.9 Å². The Morgan fingerprint density at radius 1 is 0.878 bits per heavy atom. The smallest absolute Gasteiger partial charge is 0.316 e. The number of ether oxygens (including phenoxy) is 1. The lowest BCUT2D eigenvalue weighted by Gasteiger charge is -2.34. The molecule has 41 heavy (non-hydrogen) atoms. The van der Waals surface area contributed by atoms with Crippen LogP contribution in [-0.2, 0) is 19.2 Å². The highest BCUT2D eigenvalue weighted by atomic mass is 35.5. The molecule has 5 atom stereocenters. The first-order chi connectivity index (χ1) is 19.2. The minimum atomic E-state index is -2.03. The standard InChI is InChI=1S/C27H17Cl7N2O5/c1-11-8-13(41-24(40)12-9-17(37)35(10-12)16-5-3-2-4-14(16)28)6-7-15(11)36-22(38)18-19(23(36)39)26(32)21(30)20(29)25(18,31)27(26,33)34/h2-8,12,18-19H,9-10H2,1H3/t12-,18+,19+,25-,26-/m1/s1. The Labute approximate surface area is 269 Å². The second kappa shape index (κ2) is 9.65. The lowest BCUT2D eigenvalue weighted by atomic mass is 9.84. The summed E-state index contributed by atoms with van der Waals surface area (Å²) in [6, 6.07) is 11.2. The predicted octanol–water partition coefficient (Wildman–Crippen LogP) is 6.56. The largest absolute Gasteiger partial charge is 0.426 e. The zero-order chi connectivity index (χ0) is 29.8. The van der Waals surface area contributed by atoms with E-state index in [9.17, 15) is 19.2 Å². The van der Waals surface area contributed by atoms with E-state index in [1.807, 2.05) is 0 Å². The van der Waals surface area contributed by atoms with Gasteiger partial charge in [0.15, 0.2) is 4.33 Å². The lowest BCUT2D eigenvalue weighted by Crippen LogP contribution is -2.50. The third kappa shape index (κ3) is 3.73. The Morgan fingerprint density at radius 2 is 1.46 bits per heavy atom. The van der Waals surface area contributed by atoms with Crippen LogP contribution in [0, 0.1) is 24.7 Å². The van der Waals surface area contributed by atoms with E-state index < -0.39 is 49.6 Å².